The van der Waals surface area contributed by atoms with Gasteiger partial charge in [0.05, 0.1) is 5.41 Å². The molecule has 1 heterocycles. The largest absolute Gasteiger partial charge is 0.353 e. The zero-order chi connectivity index (χ0) is 14.8. The number of nitrogens with one attached hydrogen (secondary N) is 1. The quantitative estimate of drug-likeness (QED) is 0.806. The Morgan fingerprint density at radius 2 is 2.10 bits per heavy atom. The summed E-state index contributed by atoms with van der Waals surface area (Å²) in [7, 11) is 0. The summed E-state index contributed by atoms with van der Waals surface area (Å²) in [6.45, 7) is 5.74. The number of amides is 2. The number of hydrogen-bond donors (Lipinski definition) is 2. The zero-order valence-electron chi connectivity index (χ0n) is 12.7. The van der Waals surface area contributed by atoms with E-state index in [1.54, 1.807) is 4.90 Å². The van der Waals surface area contributed by atoms with Crippen LogP contribution < -0.4 is 11.1 Å². The lowest BCUT2D eigenvalue weighted by molar-refractivity contribution is -0.153. The average Bonchev–Trinajstić information content (AvgIpc) is 2.47. The first-order chi connectivity index (χ1) is 9.54. The third-order valence-corrected chi connectivity index (χ3v) is 5.05. The van der Waals surface area contributed by atoms with Gasteiger partial charge in [-0.05, 0) is 38.0 Å². The Morgan fingerprint density at radius 3 is 2.65 bits per heavy atom. The van der Waals surface area contributed by atoms with Crippen molar-refractivity contribution < 1.29 is 9.59 Å². The third-order valence-electron chi connectivity index (χ3n) is 5.05. The highest BCUT2D eigenvalue weighted by molar-refractivity contribution is 5.91. The van der Waals surface area contributed by atoms with Crippen LogP contribution in [0.15, 0.2) is 0 Å². The van der Waals surface area contributed by atoms with Gasteiger partial charge in [0, 0.05) is 19.6 Å². The van der Waals surface area contributed by atoms with Crippen LogP contribution in [0, 0.1) is 11.3 Å². The number of rotatable bonds is 3. The summed E-state index contributed by atoms with van der Waals surface area (Å²) in [5.41, 5.74) is 5.53. The van der Waals surface area contributed by atoms with E-state index < -0.39 is 5.41 Å². The van der Waals surface area contributed by atoms with Gasteiger partial charge in [0.1, 0.15) is 6.04 Å². The van der Waals surface area contributed by atoms with Crippen molar-refractivity contribution in [2.24, 2.45) is 17.1 Å². The molecule has 0 spiro atoms. The van der Waals surface area contributed by atoms with Gasteiger partial charge in [-0.3, -0.25) is 9.59 Å². The first kappa shape index (κ1) is 15.3. The molecule has 1 aliphatic heterocycles. The molecular formula is C15H27N3O2. The van der Waals surface area contributed by atoms with E-state index in [1.165, 1.54) is 0 Å². The van der Waals surface area contributed by atoms with E-state index in [9.17, 15) is 9.59 Å². The van der Waals surface area contributed by atoms with E-state index in [-0.39, 0.29) is 17.9 Å². The second-order valence-corrected chi connectivity index (χ2v) is 6.38. The van der Waals surface area contributed by atoms with Gasteiger partial charge in [0.15, 0.2) is 0 Å². The molecule has 1 saturated heterocycles. The Hall–Kier alpha value is -1.10. The van der Waals surface area contributed by atoms with Crippen molar-refractivity contribution in [3.05, 3.63) is 0 Å². The van der Waals surface area contributed by atoms with E-state index >= 15 is 0 Å². The highest BCUT2D eigenvalue weighted by Crippen LogP contribution is 2.40. The van der Waals surface area contributed by atoms with E-state index in [0.29, 0.717) is 32.0 Å². The van der Waals surface area contributed by atoms with E-state index in [0.717, 1.165) is 25.7 Å². The lowest BCUT2D eigenvalue weighted by atomic mass is 9.69. The van der Waals surface area contributed by atoms with Crippen LogP contribution in [-0.4, -0.2) is 42.4 Å². The predicted octanol–water partition coefficient (Wildman–Crippen LogP) is 0.879. The van der Waals surface area contributed by atoms with E-state index in [2.05, 4.69) is 12.2 Å². The SMILES string of the molecule is CCC1C(=O)NCCN1C(=O)C1(CN)CCC(C)CC1. The summed E-state index contributed by atoms with van der Waals surface area (Å²) >= 11 is 0. The molecule has 5 heteroatoms. The topological polar surface area (TPSA) is 75.4 Å². The fourth-order valence-corrected chi connectivity index (χ4v) is 3.49. The number of nitrogens with two attached hydrogens (primary N) is 1. The molecule has 0 aromatic rings. The molecule has 0 aromatic carbocycles. The summed E-state index contributed by atoms with van der Waals surface area (Å²) < 4.78 is 0. The van der Waals surface area contributed by atoms with Gasteiger partial charge >= 0.3 is 0 Å². The van der Waals surface area contributed by atoms with Crippen molar-refractivity contribution in [2.75, 3.05) is 19.6 Å². The molecular weight excluding hydrogens is 254 g/mol. The molecule has 5 nitrogen and oxygen atoms in total. The Balaban J connectivity index is 2.17. The van der Waals surface area contributed by atoms with E-state index in [1.807, 2.05) is 6.92 Å². The molecule has 1 unspecified atom stereocenters. The number of hydrogen-bond acceptors (Lipinski definition) is 3. The molecule has 3 N–H and O–H groups in total. The molecule has 2 rings (SSSR count). The van der Waals surface area contributed by atoms with Gasteiger partial charge in [-0.1, -0.05) is 13.8 Å². The van der Waals surface area contributed by atoms with Crippen molar-refractivity contribution in [1.82, 2.24) is 10.2 Å². The summed E-state index contributed by atoms with van der Waals surface area (Å²) in [5, 5.41) is 2.84. The van der Waals surface area contributed by atoms with Crippen molar-refractivity contribution in [3.63, 3.8) is 0 Å². The first-order valence-corrected chi connectivity index (χ1v) is 7.83. The maximum atomic E-state index is 13.0. The molecule has 0 radical (unpaired) electrons. The molecule has 0 bridgehead atoms. The third kappa shape index (κ3) is 2.68. The number of carbonyl (C=O) groups excluding carboxylic acids is 2. The number of carbonyl (C=O) groups is 2. The molecule has 1 saturated carbocycles. The maximum Gasteiger partial charge on any atom is 0.242 e. The molecule has 1 aliphatic carbocycles. The molecule has 114 valence electrons. The summed E-state index contributed by atoms with van der Waals surface area (Å²) in [6, 6.07) is -0.320. The second-order valence-electron chi connectivity index (χ2n) is 6.38. The van der Waals surface area contributed by atoms with Crippen LogP contribution in [0.3, 0.4) is 0 Å². The lowest BCUT2D eigenvalue weighted by Gasteiger charge is -2.44. The van der Waals surface area contributed by atoms with Gasteiger partial charge in [0.25, 0.3) is 0 Å². The van der Waals surface area contributed by atoms with Crippen LogP contribution in [0.25, 0.3) is 0 Å². The number of piperazine rings is 1. The van der Waals surface area contributed by atoms with Gasteiger partial charge in [-0.25, -0.2) is 0 Å². The van der Waals surface area contributed by atoms with Gasteiger partial charge < -0.3 is 16.0 Å². The highest BCUT2D eigenvalue weighted by atomic mass is 16.2. The van der Waals surface area contributed by atoms with Crippen molar-refractivity contribution in [1.29, 1.82) is 0 Å². The van der Waals surface area contributed by atoms with Gasteiger partial charge in [-0.2, -0.15) is 0 Å². The Labute approximate surface area is 121 Å². The van der Waals surface area contributed by atoms with Gasteiger partial charge in [-0.15, -0.1) is 0 Å². The Kier molecular flexibility index (Phi) is 4.68. The summed E-state index contributed by atoms with van der Waals surface area (Å²) in [5.74, 6) is 0.756. The van der Waals surface area contributed by atoms with Crippen LogP contribution in [-0.2, 0) is 9.59 Å². The molecule has 20 heavy (non-hydrogen) atoms. The molecule has 2 aliphatic rings. The summed E-state index contributed by atoms with van der Waals surface area (Å²) in [4.78, 5) is 26.7. The average molecular weight is 281 g/mol. The van der Waals surface area contributed by atoms with Crippen molar-refractivity contribution >= 4 is 11.8 Å². The zero-order valence-corrected chi connectivity index (χ0v) is 12.7. The minimum atomic E-state index is -0.433. The van der Waals surface area contributed by atoms with Crippen LogP contribution in [0.4, 0.5) is 0 Å². The molecule has 2 amide bonds. The normalized spacial score (nSPS) is 34.8. The molecule has 2 fully saturated rings. The fourth-order valence-electron chi connectivity index (χ4n) is 3.49. The van der Waals surface area contributed by atoms with Crippen molar-refractivity contribution in [2.45, 2.75) is 52.0 Å². The highest BCUT2D eigenvalue weighted by Gasteiger charge is 2.45. The molecule has 0 aromatic heterocycles. The monoisotopic (exact) mass is 281 g/mol. The lowest BCUT2D eigenvalue weighted by Crippen LogP contribution is -2.61. The van der Waals surface area contributed by atoms with Crippen LogP contribution in [0.1, 0.15) is 46.0 Å². The Morgan fingerprint density at radius 1 is 1.45 bits per heavy atom. The van der Waals surface area contributed by atoms with Crippen LogP contribution in [0.5, 0.6) is 0 Å². The Bertz CT molecular complexity index is 375. The second kappa shape index (κ2) is 6.12. The maximum absolute atomic E-state index is 13.0. The minimum absolute atomic E-state index is 0.0246. The predicted molar refractivity (Wildman–Crippen MR) is 77.9 cm³/mol. The summed E-state index contributed by atoms with van der Waals surface area (Å²) in [6.07, 6.45) is 4.49. The van der Waals surface area contributed by atoms with Crippen LogP contribution in [0.2, 0.25) is 0 Å². The smallest absolute Gasteiger partial charge is 0.242 e. The number of nitrogens with zero attached hydrogens (tertiary/aromatic N) is 1. The minimum Gasteiger partial charge on any atom is -0.353 e. The standard InChI is InChI=1S/C15H27N3O2/c1-3-12-13(19)17-8-9-18(12)14(20)15(10-16)6-4-11(2)5-7-15/h11-12H,3-10,16H2,1-2H3,(H,17,19). The molecule has 1 atom stereocenters. The fraction of sp³-hybridized carbons (Fsp3) is 0.867. The van der Waals surface area contributed by atoms with Crippen molar-refractivity contribution in [3.8, 4) is 0 Å². The van der Waals surface area contributed by atoms with Gasteiger partial charge in [0.2, 0.25) is 11.8 Å². The van der Waals surface area contributed by atoms with Crippen LogP contribution >= 0.6 is 0 Å². The van der Waals surface area contributed by atoms with E-state index in [4.69, 9.17) is 5.73 Å². The first-order valence-electron chi connectivity index (χ1n) is 7.83.